The van der Waals surface area contributed by atoms with E-state index >= 15 is 0 Å². The average molecular weight is 306 g/mol. The third kappa shape index (κ3) is 2.37. The lowest BCUT2D eigenvalue weighted by Crippen LogP contribution is -2.15. The van der Waals surface area contributed by atoms with E-state index in [0.717, 1.165) is 24.2 Å². The summed E-state index contributed by atoms with van der Waals surface area (Å²) in [4.78, 5) is 0.253. The van der Waals surface area contributed by atoms with Crippen LogP contribution in [0.5, 0.6) is 0 Å². The Balaban J connectivity index is 1.96. The minimum absolute atomic E-state index is 0.253. The minimum atomic E-state index is -3.63. The second-order valence-electron chi connectivity index (χ2n) is 5.28. The molecule has 2 N–H and O–H groups in total. The van der Waals surface area contributed by atoms with E-state index < -0.39 is 10.0 Å². The molecule has 7 heteroatoms. The van der Waals surface area contributed by atoms with Crippen LogP contribution in [0.25, 0.3) is 0 Å². The fraction of sp³-hybridized carbons (Fsp3) is 0.357. The zero-order valence-electron chi connectivity index (χ0n) is 12.3. The van der Waals surface area contributed by atoms with Crippen LogP contribution in [-0.2, 0) is 23.5 Å². The van der Waals surface area contributed by atoms with E-state index in [2.05, 4.69) is 15.1 Å². The lowest BCUT2D eigenvalue weighted by Gasteiger charge is -2.10. The Morgan fingerprint density at radius 1 is 1.33 bits per heavy atom. The molecule has 0 unspecified atom stereocenters. The molecule has 0 saturated heterocycles. The molecule has 0 fully saturated rings. The average Bonchev–Trinajstić information content (AvgIpc) is 2.94. The molecule has 2 aromatic rings. The van der Waals surface area contributed by atoms with Gasteiger partial charge in [-0.3, -0.25) is 9.40 Å². The Hall–Kier alpha value is -2.02. The van der Waals surface area contributed by atoms with Gasteiger partial charge in [-0.25, -0.2) is 8.42 Å². The first kappa shape index (κ1) is 13.9. The van der Waals surface area contributed by atoms with Gasteiger partial charge in [0, 0.05) is 25.0 Å². The maximum atomic E-state index is 12.6. The normalized spacial score (nSPS) is 13.9. The molecule has 0 radical (unpaired) electrons. The van der Waals surface area contributed by atoms with Crippen molar-refractivity contribution in [2.75, 3.05) is 16.6 Å². The number of sulfonamides is 1. The lowest BCUT2D eigenvalue weighted by molar-refractivity contribution is 0.599. The standard InChI is InChI=1S/C14H18N4O2S/c1-9-14(10(2)18(3)16-9)21(19,20)17-12-4-5-13-11(8-12)6-7-15-13/h4-5,8,15,17H,6-7H2,1-3H3. The highest BCUT2D eigenvalue weighted by atomic mass is 32.2. The molecular formula is C14H18N4O2S. The number of nitrogens with one attached hydrogen (secondary N) is 2. The number of fused-ring (bicyclic) bond motifs is 1. The monoisotopic (exact) mass is 306 g/mol. The van der Waals surface area contributed by atoms with Gasteiger partial charge in [0.2, 0.25) is 0 Å². The van der Waals surface area contributed by atoms with Crippen LogP contribution in [-0.4, -0.2) is 24.7 Å². The van der Waals surface area contributed by atoms with Gasteiger partial charge >= 0.3 is 0 Å². The molecule has 0 spiro atoms. The summed E-state index contributed by atoms with van der Waals surface area (Å²) in [6, 6.07) is 5.56. The van der Waals surface area contributed by atoms with E-state index in [-0.39, 0.29) is 4.90 Å². The maximum absolute atomic E-state index is 12.6. The summed E-state index contributed by atoms with van der Waals surface area (Å²) in [5.74, 6) is 0. The number of aromatic nitrogens is 2. The molecule has 1 aromatic heterocycles. The highest BCUT2D eigenvalue weighted by Crippen LogP contribution is 2.27. The molecule has 6 nitrogen and oxygen atoms in total. The first-order valence-electron chi connectivity index (χ1n) is 6.78. The second kappa shape index (κ2) is 4.77. The lowest BCUT2D eigenvalue weighted by atomic mass is 10.1. The van der Waals surface area contributed by atoms with Crippen LogP contribution >= 0.6 is 0 Å². The number of benzene rings is 1. The fourth-order valence-electron chi connectivity index (χ4n) is 2.72. The van der Waals surface area contributed by atoms with Crippen LogP contribution in [0.15, 0.2) is 23.1 Å². The molecule has 21 heavy (non-hydrogen) atoms. The molecule has 0 atom stereocenters. The van der Waals surface area contributed by atoms with Crippen LogP contribution in [0.2, 0.25) is 0 Å². The molecule has 1 aliphatic heterocycles. The van der Waals surface area contributed by atoms with E-state index in [4.69, 9.17) is 0 Å². The Morgan fingerprint density at radius 2 is 2.10 bits per heavy atom. The van der Waals surface area contributed by atoms with Gasteiger partial charge in [-0.1, -0.05) is 0 Å². The van der Waals surface area contributed by atoms with E-state index in [1.165, 1.54) is 0 Å². The second-order valence-corrected chi connectivity index (χ2v) is 6.90. The molecule has 0 bridgehead atoms. The maximum Gasteiger partial charge on any atom is 0.265 e. The van der Waals surface area contributed by atoms with Crippen molar-refractivity contribution in [3.63, 3.8) is 0 Å². The number of hydrogen-bond donors (Lipinski definition) is 2. The predicted octanol–water partition coefficient (Wildman–Crippen LogP) is 1.81. The third-order valence-electron chi connectivity index (χ3n) is 3.78. The quantitative estimate of drug-likeness (QED) is 0.906. The Morgan fingerprint density at radius 3 is 2.76 bits per heavy atom. The Kier molecular flexibility index (Phi) is 3.16. The van der Waals surface area contributed by atoms with Gasteiger partial charge in [-0.15, -0.1) is 0 Å². The van der Waals surface area contributed by atoms with E-state index in [0.29, 0.717) is 17.1 Å². The van der Waals surface area contributed by atoms with Gasteiger partial charge in [0.25, 0.3) is 10.0 Å². The molecule has 112 valence electrons. The molecular weight excluding hydrogens is 288 g/mol. The van der Waals surface area contributed by atoms with Crippen LogP contribution < -0.4 is 10.0 Å². The Bertz CT molecular complexity index is 809. The molecule has 2 heterocycles. The number of anilines is 2. The highest BCUT2D eigenvalue weighted by molar-refractivity contribution is 7.92. The van der Waals surface area contributed by atoms with Gasteiger partial charge in [-0.05, 0) is 44.0 Å². The van der Waals surface area contributed by atoms with Crippen molar-refractivity contribution in [2.24, 2.45) is 7.05 Å². The topological polar surface area (TPSA) is 76.0 Å². The van der Waals surface area contributed by atoms with Gasteiger partial charge in [0.1, 0.15) is 4.90 Å². The van der Waals surface area contributed by atoms with Crippen LogP contribution in [0.3, 0.4) is 0 Å². The van der Waals surface area contributed by atoms with Crippen molar-refractivity contribution < 1.29 is 8.42 Å². The fourth-order valence-corrected chi connectivity index (χ4v) is 4.21. The molecule has 0 amide bonds. The number of hydrogen-bond acceptors (Lipinski definition) is 4. The Labute approximate surface area is 124 Å². The van der Waals surface area contributed by atoms with Gasteiger partial charge in [-0.2, -0.15) is 5.10 Å². The first-order valence-corrected chi connectivity index (χ1v) is 8.26. The summed E-state index contributed by atoms with van der Waals surface area (Å²) in [5, 5.41) is 7.42. The van der Waals surface area contributed by atoms with Gasteiger partial charge < -0.3 is 5.32 Å². The van der Waals surface area contributed by atoms with Crippen molar-refractivity contribution in [1.29, 1.82) is 0 Å². The summed E-state index contributed by atoms with van der Waals surface area (Å²) < 4.78 is 29.4. The largest absolute Gasteiger partial charge is 0.384 e. The molecule has 1 aliphatic rings. The molecule has 3 rings (SSSR count). The minimum Gasteiger partial charge on any atom is -0.384 e. The molecule has 0 saturated carbocycles. The van der Waals surface area contributed by atoms with Crippen molar-refractivity contribution in [3.8, 4) is 0 Å². The summed E-state index contributed by atoms with van der Waals surface area (Å²) in [6.07, 6.45) is 0.913. The van der Waals surface area contributed by atoms with Crippen LogP contribution in [0, 0.1) is 13.8 Å². The SMILES string of the molecule is Cc1nn(C)c(C)c1S(=O)(=O)Nc1ccc2c(c1)CCN2. The van der Waals surface area contributed by atoms with Crippen molar-refractivity contribution in [1.82, 2.24) is 9.78 Å². The summed E-state index contributed by atoms with van der Waals surface area (Å²) in [6.45, 7) is 4.35. The summed E-state index contributed by atoms with van der Waals surface area (Å²) in [5.41, 5.74) is 3.93. The zero-order valence-corrected chi connectivity index (χ0v) is 13.1. The molecule has 0 aliphatic carbocycles. The van der Waals surface area contributed by atoms with Crippen molar-refractivity contribution in [3.05, 3.63) is 35.2 Å². The highest BCUT2D eigenvalue weighted by Gasteiger charge is 2.24. The predicted molar refractivity (Wildman–Crippen MR) is 82.1 cm³/mol. The van der Waals surface area contributed by atoms with Gasteiger partial charge in [0.15, 0.2) is 0 Å². The van der Waals surface area contributed by atoms with Crippen LogP contribution in [0.1, 0.15) is 17.0 Å². The van der Waals surface area contributed by atoms with E-state index in [1.807, 2.05) is 12.1 Å². The van der Waals surface area contributed by atoms with Gasteiger partial charge in [0.05, 0.1) is 11.4 Å². The number of aryl methyl sites for hydroxylation is 2. The first-order chi connectivity index (χ1) is 9.88. The summed E-state index contributed by atoms with van der Waals surface area (Å²) in [7, 11) is -1.89. The zero-order chi connectivity index (χ0) is 15.2. The van der Waals surface area contributed by atoms with Crippen molar-refractivity contribution >= 4 is 21.4 Å². The van der Waals surface area contributed by atoms with E-state index in [1.54, 1.807) is 31.6 Å². The number of nitrogens with zero attached hydrogens (tertiary/aromatic N) is 2. The van der Waals surface area contributed by atoms with E-state index in [9.17, 15) is 8.42 Å². The smallest absolute Gasteiger partial charge is 0.265 e. The third-order valence-corrected chi connectivity index (χ3v) is 5.41. The van der Waals surface area contributed by atoms with Crippen molar-refractivity contribution in [2.45, 2.75) is 25.2 Å². The van der Waals surface area contributed by atoms with Crippen LogP contribution in [0.4, 0.5) is 11.4 Å². The summed E-state index contributed by atoms with van der Waals surface area (Å²) >= 11 is 0. The number of rotatable bonds is 3. The molecule has 1 aromatic carbocycles.